The van der Waals surface area contributed by atoms with Crippen molar-refractivity contribution in [3.05, 3.63) is 64.5 Å². The van der Waals surface area contributed by atoms with E-state index >= 15 is 0 Å². The van der Waals surface area contributed by atoms with E-state index in [1.807, 2.05) is 0 Å². The molecule has 2 aromatic heterocycles. The number of hydrogen-bond acceptors (Lipinski definition) is 5. The van der Waals surface area contributed by atoms with Crippen LogP contribution in [-0.2, 0) is 12.7 Å². The Hall–Kier alpha value is -3.50. The van der Waals surface area contributed by atoms with Gasteiger partial charge in [-0.2, -0.15) is 13.2 Å². The van der Waals surface area contributed by atoms with Gasteiger partial charge in [-0.05, 0) is 38.1 Å². The van der Waals surface area contributed by atoms with E-state index in [0.29, 0.717) is 21.7 Å². The lowest BCUT2D eigenvalue weighted by molar-refractivity contribution is -0.143. The Morgan fingerprint density at radius 2 is 1.87 bits per heavy atom. The summed E-state index contributed by atoms with van der Waals surface area (Å²) in [5, 5.41) is 9.23. The van der Waals surface area contributed by atoms with E-state index in [2.05, 4.69) is 20.6 Å². The van der Waals surface area contributed by atoms with Gasteiger partial charge in [0.2, 0.25) is 0 Å². The molecule has 0 aliphatic rings. The van der Waals surface area contributed by atoms with E-state index in [4.69, 9.17) is 4.74 Å². The molecule has 30 heavy (non-hydrogen) atoms. The third-order valence-corrected chi connectivity index (χ3v) is 4.39. The fourth-order valence-corrected chi connectivity index (χ4v) is 2.95. The minimum absolute atomic E-state index is 0.0870. The van der Waals surface area contributed by atoms with Crippen LogP contribution >= 0.6 is 0 Å². The molecule has 1 aromatic carbocycles. The molecule has 0 saturated heterocycles. The van der Waals surface area contributed by atoms with E-state index in [-0.39, 0.29) is 12.2 Å². The molecule has 0 fully saturated rings. The average Bonchev–Trinajstić information content (AvgIpc) is 3.14. The van der Waals surface area contributed by atoms with E-state index < -0.39 is 29.3 Å². The molecule has 0 radical (unpaired) electrons. The van der Waals surface area contributed by atoms with E-state index in [1.165, 1.54) is 7.11 Å². The first-order valence-corrected chi connectivity index (χ1v) is 8.69. The summed E-state index contributed by atoms with van der Waals surface area (Å²) in [4.78, 5) is 16.7. The molecule has 7 nitrogen and oxygen atoms in total. The number of carbonyl (C=O) groups excluding carboxylic acids is 1. The number of methoxy groups -OCH3 is 1. The third kappa shape index (κ3) is 4.09. The molecule has 0 saturated carbocycles. The summed E-state index contributed by atoms with van der Waals surface area (Å²) in [5.74, 6) is -1.12. The van der Waals surface area contributed by atoms with Crippen molar-refractivity contribution in [2.24, 2.45) is 0 Å². The van der Waals surface area contributed by atoms with Gasteiger partial charge in [-0.1, -0.05) is 5.21 Å². The minimum atomic E-state index is -4.92. The monoisotopic (exact) mass is 423 g/mol. The highest BCUT2D eigenvalue weighted by Crippen LogP contribution is 2.33. The van der Waals surface area contributed by atoms with Crippen molar-refractivity contribution in [2.45, 2.75) is 26.6 Å². The first-order valence-electron chi connectivity index (χ1n) is 8.69. The second kappa shape index (κ2) is 8.09. The zero-order chi connectivity index (χ0) is 22.1. The summed E-state index contributed by atoms with van der Waals surface area (Å²) in [5.41, 5.74) is -0.474. The molecule has 0 unspecified atom stereocenters. The zero-order valence-corrected chi connectivity index (χ0v) is 16.2. The van der Waals surface area contributed by atoms with Gasteiger partial charge >= 0.3 is 6.18 Å². The second-order valence-electron chi connectivity index (χ2n) is 6.40. The number of benzene rings is 1. The van der Waals surface area contributed by atoms with Crippen molar-refractivity contribution in [3.8, 4) is 11.4 Å². The number of carbonyl (C=O) groups is 1. The van der Waals surface area contributed by atoms with E-state index in [9.17, 15) is 22.4 Å². The summed E-state index contributed by atoms with van der Waals surface area (Å²) in [6, 6.07) is 4.17. The van der Waals surface area contributed by atoms with E-state index in [1.54, 1.807) is 20.0 Å². The van der Waals surface area contributed by atoms with Crippen LogP contribution in [0.3, 0.4) is 0 Å². The van der Waals surface area contributed by atoms with Crippen LogP contribution in [0.2, 0.25) is 0 Å². The molecule has 0 spiro atoms. The molecule has 1 amide bonds. The second-order valence-corrected chi connectivity index (χ2v) is 6.40. The molecule has 0 atom stereocenters. The Kier molecular flexibility index (Phi) is 5.72. The summed E-state index contributed by atoms with van der Waals surface area (Å²) in [6.45, 7) is 3.39. The molecular formula is C19H17F4N5O2. The predicted octanol–water partition coefficient (Wildman–Crippen LogP) is 3.38. The lowest BCUT2D eigenvalue weighted by Crippen LogP contribution is -2.27. The van der Waals surface area contributed by atoms with Gasteiger partial charge in [-0.3, -0.25) is 9.78 Å². The number of nitrogens with zero attached hydrogens (tertiary/aromatic N) is 4. The van der Waals surface area contributed by atoms with Crippen molar-refractivity contribution in [3.63, 3.8) is 0 Å². The number of pyridine rings is 1. The van der Waals surface area contributed by atoms with Gasteiger partial charge < -0.3 is 10.1 Å². The molecule has 3 aromatic rings. The standard InChI is InChI=1S/C19H17F4N5O2/c1-10-8-24-14(11(2)16(10)30-3)9-25-18(29)15-17(19(21,22)23)28(27-26-15)13-6-4-12(20)5-7-13/h4-8H,9H2,1-3H3,(H,25,29). The van der Waals surface area contributed by atoms with Gasteiger partial charge in [0.1, 0.15) is 11.6 Å². The topological polar surface area (TPSA) is 81.9 Å². The summed E-state index contributed by atoms with van der Waals surface area (Å²) < 4.78 is 59.8. The van der Waals surface area contributed by atoms with E-state index in [0.717, 1.165) is 29.8 Å². The summed E-state index contributed by atoms with van der Waals surface area (Å²) in [7, 11) is 1.49. The highest BCUT2D eigenvalue weighted by atomic mass is 19.4. The van der Waals surface area contributed by atoms with Crippen molar-refractivity contribution in [1.82, 2.24) is 25.3 Å². The van der Waals surface area contributed by atoms with Gasteiger partial charge in [-0.25, -0.2) is 9.07 Å². The zero-order valence-electron chi connectivity index (χ0n) is 16.2. The Labute approximate surface area is 168 Å². The Morgan fingerprint density at radius 3 is 2.47 bits per heavy atom. The number of alkyl halides is 3. The van der Waals surface area contributed by atoms with Gasteiger partial charge in [0.25, 0.3) is 5.91 Å². The largest absolute Gasteiger partial charge is 0.496 e. The van der Waals surface area contributed by atoms with Gasteiger partial charge in [0, 0.05) is 17.3 Å². The predicted molar refractivity (Wildman–Crippen MR) is 97.8 cm³/mol. The number of nitrogens with one attached hydrogen (secondary N) is 1. The van der Waals surface area contributed by atoms with Crippen LogP contribution in [0, 0.1) is 19.7 Å². The summed E-state index contributed by atoms with van der Waals surface area (Å²) in [6.07, 6.45) is -3.38. The fraction of sp³-hybridized carbons (Fsp3) is 0.263. The Morgan fingerprint density at radius 1 is 1.20 bits per heavy atom. The van der Waals surface area contributed by atoms with Gasteiger partial charge in [-0.15, -0.1) is 5.10 Å². The third-order valence-electron chi connectivity index (χ3n) is 4.39. The number of hydrogen-bond donors (Lipinski definition) is 1. The molecule has 0 aliphatic carbocycles. The SMILES string of the molecule is COc1c(C)cnc(CNC(=O)c2nnn(-c3ccc(F)cc3)c2C(F)(F)F)c1C. The molecule has 158 valence electrons. The smallest absolute Gasteiger partial charge is 0.435 e. The van der Waals surface area contributed by atoms with Gasteiger partial charge in [0.15, 0.2) is 11.4 Å². The molecule has 11 heteroatoms. The maximum absolute atomic E-state index is 13.7. The van der Waals surface area contributed by atoms with Crippen molar-refractivity contribution < 1.29 is 27.1 Å². The number of halogens is 4. The van der Waals surface area contributed by atoms with Crippen LogP contribution in [0.25, 0.3) is 5.69 Å². The molecule has 0 bridgehead atoms. The molecule has 0 aliphatic heterocycles. The lowest BCUT2D eigenvalue weighted by Gasteiger charge is -2.13. The highest BCUT2D eigenvalue weighted by molar-refractivity contribution is 5.93. The molecular weight excluding hydrogens is 406 g/mol. The summed E-state index contributed by atoms with van der Waals surface area (Å²) >= 11 is 0. The van der Waals surface area contributed by atoms with Crippen LogP contribution in [-0.4, -0.2) is 33.0 Å². The molecule has 2 heterocycles. The number of rotatable bonds is 5. The van der Waals surface area contributed by atoms with Crippen molar-refractivity contribution >= 4 is 5.91 Å². The minimum Gasteiger partial charge on any atom is -0.496 e. The lowest BCUT2D eigenvalue weighted by atomic mass is 10.1. The first kappa shape index (κ1) is 21.2. The molecule has 1 N–H and O–H groups in total. The van der Waals surface area contributed by atoms with Crippen molar-refractivity contribution in [2.75, 3.05) is 7.11 Å². The normalized spacial score (nSPS) is 11.4. The quantitative estimate of drug-likeness (QED) is 0.637. The number of amides is 1. The van der Waals surface area contributed by atoms with Crippen molar-refractivity contribution in [1.29, 1.82) is 0 Å². The number of ether oxygens (including phenoxy) is 1. The van der Waals surface area contributed by atoms with Crippen LogP contribution in [0.4, 0.5) is 17.6 Å². The number of aryl methyl sites for hydroxylation is 1. The van der Waals surface area contributed by atoms with Crippen LogP contribution < -0.4 is 10.1 Å². The maximum Gasteiger partial charge on any atom is 0.435 e. The fourth-order valence-electron chi connectivity index (χ4n) is 2.95. The highest BCUT2D eigenvalue weighted by Gasteiger charge is 2.42. The van der Waals surface area contributed by atoms with Crippen LogP contribution in [0.1, 0.15) is 33.0 Å². The average molecular weight is 423 g/mol. The van der Waals surface area contributed by atoms with Gasteiger partial charge in [0.05, 0.1) is 25.0 Å². The van der Waals surface area contributed by atoms with Crippen LogP contribution in [0.15, 0.2) is 30.5 Å². The first-order chi connectivity index (χ1) is 14.1. The maximum atomic E-state index is 13.7. The Bertz CT molecular complexity index is 1080. The van der Waals surface area contributed by atoms with Crippen LogP contribution in [0.5, 0.6) is 5.75 Å². The number of aromatic nitrogens is 4. The molecule has 3 rings (SSSR count). The Balaban J connectivity index is 1.91.